The minimum absolute atomic E-state index is 0.134. The van der Waals surface area contributed by atoms with Crippen LogP contribution in [0.4, 0.5) is 5.69 Å². The minimum Gasteiger partial charge on any atom is -0.492 e. The Morgan fingerprint density at radius 1 is 1.09 bits per heavy atom. The predicted octanol–water partition coefficient (Wildman–Crippen LogP) is 3.95. The van der Waals surface area contributed by atoms with Crippen LogP contribution in [0.15, 0.2) is 53.0 Å². The first kappa shape index (κ1) is 28.6. The summed E-state index contributed by atoms with van der Waals surface area (Å²) in [5.41, 5.74) is 0.575. The van der Waals surface area contributed by atoms with Gasteiger partial charge in [-0.25, -0.2) is 8.42 Å². The second kappa shape index (κ2) is 11.9. The third-order valence-electron chi connectivity index (χ3n) is 5.04. The third kappa shape index (κ3) is 8.54. The predicted molar refractivity (Wildman–Crippen MR) is 142 cm³/mol. The van der Waals surface area contributed by atoms with E-state index in [2.05, 4.69) is 21.2 Å². The fraction of sp³-hybridized carbons (Fsp3) is 0.440. The van der Waals surface area contributed by atoms with Gasteiger partial charge >= 0.3 is 0 Å². The molecule has 0 aromatic heterocycles. The second-order valence-electron chi connectivity index (χ2n) is 9.23. The maximum absolute atomic E-state index is 13.6. The molecule has 0 aliphatic carbocycles. The van der Waals surface area contributed by atoms with Gasteiger partial charge in [0, 0.05) is 16.6 Å². The molecule has 2 rings (SSSR count). The molecule has 2 amide bonds. The number of benzene rings is 2. The van der Waals surface area contributed by atoms with Crippen LogP contribution >= 0.6 is 15.9 Å². The van der Waals surface area contributed by atoms with E-state index in [0.29, 0.717) is 12.4 Å². The van der Waals surface area contributed by atoms with Crippen molar-refractivity contribution < 1.29 is 22.7 Å². The highest BCUT2D eigenvalue weighted by Crippen LogP contribution is 2.30. The van der Waals surface area contributed by atoms with E-state index in [9.17, 15) is 18.0 Å². The Morgan fingerprint density at radius 2 is 1.69 bits per heavy atom. The van der Waals surface area contributed by atoms with Gasteiger partial charge in [-0.1, -0.05) is 40.2 Å². The van der Waals surface area contributed by atoms with Gasteiger partial charge in [-0.05, 0) is 64.4 Å². The van der Waals surface area contributed by atoms with E-state index in [1.807, 2.05) is 45.0 Å². The standard InChI is InChI=1S/C25H34BrN3O5S/c1-7-34-22-11-9-8-10-21(22)29(35(6,32)33)17-23(30)28(16-19-12-14-20(26)15-13-19)18(2)24(31)27-25(3,4)5/h8-15,18H,7,16-17H2,1-6H3,(H,27,31)/t18-/m1/s1. The van der Waals surface area contributed by atoms with Crippen molar-refractivity contribution in [3.8, 4) is 5.75 Å². The number of para-hydroxylation sites is 2. The lowest BCUT2D eigenvalue weighted by Crippen LogP contribution is -2.54. The lowest BCUT2D eigenvalue weighted by molar-refractivity contribution is -0.140. The SMILES string of the molecule is CCOc1ccccc1N(CC(=O)N(Cc1ccc(Br)cc1)[C@H](C)C(=O)NC(C)(C)C)S(C)(=O)=O. The van der Waals surface area contributed by atoms with Gasteiger partial charge in [-0.3, -0.25) is 13.9 Å². The van der Waals surface area contributed by atoms with E-state index >= 15 is 0 Å². The molecule has 192 valence electrons. The lowest BCUT2D eigenvalue weighted by atomic mass is 10.1. The molecular formula is C25H34BrN3O5S. The first-order chi connectivity index (χ1) is 16.2. The molecule has 1 N–H and O–H groups in total. The van der Waals surface area contributed by atoms with E-state index in [4.69, 9.17) is 4.74 Å². The maximum atomic E-state index is 13.6. The molecule has 0 aliphatic heterocycles. The molecule has 1 atom stereocenters. The summed E-state index contributed by atoms with van der Waals surface area (Å²) in [5.74, 6) is -0.490. The van der Waals surface area contributed by atoms with Crippen LogP contribution in [-0.4, -0.2) is 56.1 Å². The van der Waals surface area contributed by atoms with Crippen molar-refractivity contribution in [1.29, 1.82) is 0 Å². The Bertz CT molecular complexity index is 1130. The summed E-state index contributed by atoms with van der Waals surface area (Å²) >= 11 is 3.40. The highest BCUT2D eigenvalue weighted by molar-refractivity contribution is 9.10. The zero-order valence-electron chi connectivity index (χ0n) is 21.0. The quantitative estimate of drug-likeness (QED) is 0.469. The lowest BCUT2D eigenvalue weighted by Gasteiger charge is -2.33. The summed E-state index contributed by atoms with van der Waals surface area (Å²) in [6.07, 6.45) is 1.04. The number of amides is 2. The molecular weight excluding hydrogens is 534 g/mol. The Hall–Kier alpha value is -2.59. The van der Waals surface area contributed by atoms with Gasteiger partial charge in [-0.15, -0.1) is 0 Å². The van der Waals surface area contributed by atoms with Gasteiger partial charge in [0.15, 0.2) is 0 Å². The Balaban J connectivity index is 2.44. The molecule has 0 fully saturated rings. The fourth-order valence-electron chi connectivity index (χ4n) is 3.38. The van der Waals surface area contributed by atoms with Crippen molar-refractivity contribution in [2.75, 3.05) is 23.7 Å². The molecule has 0 saturated carbocycles. The number of carbonyl (C=O) groups excluding carboxylic acids is 2. The first-order valence-electron chi connectivity index (χ1n) is 11.3. The van der Waals surface area contributed by atoms with Crippen molar-refractivity contribution in [2.24, 2.45) is 0 Å². The summed E-state index contributed by atoms with van der Waals surface area (Å²) in [4.78, 5) is 28.0. The number of hydrogen-bond donors (Lipinski definition) is 1. The normalized spacial score (nSPS) is 12.5. The van der Waals surface area contributed by atoms with Crippen molar-refractivity contribution >= 4 is 43.5 Å². The zero-order chi connectivity index (χ0) is 26.4. The number of anilines is 1. The molecule has 2 aromatic rings. The van der Waals surface area contributed by atoms with Gasteiger partial charge in [-0.2, -0.15) is 0 Å². The van der Waals surface area contributed by atoms with E-state index in [0.717, 1.165) is 20.6 Å². The number of ether oxygens (including phenoxy) is 1. The van der Waals surface area contributed by atoms with Crippen LogP contribution in [0.1, 0.15) is 40.2 Å². The van der Waals surface area contributed by atoms with E-state index in [1.165, 1.54) is 4.90 Å². The Morgan fingerprint density at radius 3 is 2.23 bits per heavy atom. The van der Waals surface area contributed by atoms with Crippen LogP contribution < -0.4 is 14.4 Å². The average molecular weight is 569 g/mol. The molecule has 0 saturated heterocycles. The number of halogens is 1. The van der Waals surface area contributed by atoms with Crippen LogP contribution in [0.2, 0.25) is 0 Å². The zero-order valence-corrected chi connectivity index (χ0v) is 23.4. The van der Waals surface area contributed by atoms with Crippen LogP contribution in [0, 0.1) is 0 Å². The number of carbonyl (C=O) groups is 2. The topological polar surface area (TPSA) is 96.0 Å². The molecule has 0 spiro atoms. The smallest absolute Gasteiger partial charge is 0.244 e. The fourth-order valence-corrected chi connectivity index (χ4v) is 4.50. The molecule has 0 unspecified atom stereocenters. The largest absolute Gasteiger partial charge is 0.492 e. The molecule has 0 heterocycles. The molecule has 2 aromatic carbocycles. The monoisotopic (exact) mass is 567 g/mol. The van der Waals surface area contributed by atoms with Crippen LogP contribution in [0.3, 0.4) is 0 Å². The molecule has 0 aliphatic rings. The molecule has 8 nitrogen and oxygen atoms in total. The minimum atomic E-state index is -3.84. The van der Waals surface area contributed by atoms with Crippen LogP contribution in [0.5, 0.6) is 5.75 Å². The highest BCUT2D eigenvalue weighted by atomic mass is 79.9. The molecule has 35 heavy (non-hydrogen) atoms. The van der Waals surface area contributed by atoms with Crippen molar-refractivity contribution in [3.05, 3.63) is 58.6 Å². The summed E-state index contributed by atoms with van der Waals surface area (Å²) < 4.78 is 33.0. The molecule has 10 heteroatoms. The van der Waals surface area contributed by atoms with Gasteiger partial charge in [0.05, 0.1) is 18.6 Å². The summed E-state index contributed by atoms with van der Waals surface area (Å²) in [5, 5.41) is 2.90. The van der Waals surface area contributed by atoms with Gasteiger partial charge in [0.25, 0.3) is 0 Å². The van der Waals surface area contributed by atoms with Crippen molar-refractivity contribution in [1.82, 2.24) is 10.2 Å². The average Bonchev–Trinajstić information content (AvgIpc) is 2.75. The Kier molecular flexibility index (Phi) is 9.74. The van der Waals surface area contributed by atoms with Gasteiger partial charge in [0.2, 0.25) is 21.8 Å². The third-order valence-corrected chi connectivity index (χ3v) is 6.70. The number of nitrogens with zero attached hydrogens (tertiary/aromatic N) is 2. The number of rotatable bonds is 10. The number of sulfonamides is 1. The summed E-state index contributed by atoms with van der Waals surface area (Å²) in [7, 11) is -3.84. The summed E-state index contributed by atoms with van der Waals surface area (Å²) in [6, 6.07) is 13.2. The second-order valence-corrected chi connectivity index (χ2v) is 12.1. The molecule has 0 bridgehead atoms. The van der Waals surface area contributed by atoms with Crippen molar-refractivity contribution in [3.63, 3.8) is 0 Å². The Labute approximate surface area is 216 Å². The maximum Gasteiger partial charge on any atom is 0.244 e. The first-order valence-corrected chi connectivity index (χ1v) is 13.9. The van der Waals surface area contributed by atoms with Crippen LogP contribution in [0.25, 0.3) is 0 Å². The van der Waals surface area contributed by atoms with E-state index in [1.54, 1.807) is 38.1 Å². The molecule has 0 radical (unpaired) electrons. The number of nitrogens with one attached hydrogen (secondary N) is 1. The van der Waals surface area contributed by atoms with Crippen molar-refractivity contribution in [2.45, 2.75) is 52.7 Å². The van der Waals surface area contributed by atoms with Crippen LogP contribution in [-0.2, 0) is 26.2 Å². The summed E-state index contributed by atoms with van der Waals surface area (Å²) in [6.45, 7) is 8.99. The van der Waals surface area contributed by atoms with E-state index in [-0.39, 0.29) is 18.1 Å². The number of hydrogen-bond acceptors (Lipinski definition) is 5. The highest BCUT2D eigenvalue weighted by Gasteiger charge is 2.32. The van der Waals surface area contributed by atoms with Gasteiger partial charge < -0.3 is 15.0 Å². The van der Waals surface area contributed by atoms with E-state index < -0.39 is 34.1 Å². The van der Waals surface area contributed by atoms with Gasteiger partial charge in [0.1, 0.15) is 18.3 Å².